The minimum absolute atomic E-state index is 0.0636. The van der Waals surface area contributed by atoms with Gasteiger partial charge in [0.25, 0.3) is 5.91 Å². The lowest BCUT2D eigenvalue weighted by molar-refractivity contribution is 0.0323. The smallest absolute Gasteiger partial charge is 0.267 e. The van der Waals surface area contributed by atoms with Gasteiger partial charge in [-0.05, 0) is 38.1 Å². The van der Waals surface area contributed by atoms with Crippen LogP contribution in [0.25, 0.3) is 10.9 Å². The molecule has 0 unspecified atom stereocenters. The van der Waals surface area contributed by atoms with E-state index in [0.717, 1.165) is 16.7 Å². The van der Waals surface area contributed by atoms with Gasteiger partial charge in [-0.15, -0.1) is 0 Å². The van der Waals surface area contributed by atoms with Crippen LogP contribution in [0, 0.1) is 6.92 Å². The first-order chi connectivity index (χ1) is 10.5. The van der Waals surface area contributed by atoms with Crippen molar-refractivity contribution >= 4 is 16.8 Å². The fraction of sp³-hybridized carbons (Fsp3) is 0.235. The molecule has 22 heavy (non-hydrogen) atoms. The maximum atomic E-state index is 12.2. The summed E-state index contributed by atoms with van der Waals surface area (Å²) in [5.41, 5.74) is 0.115. The molecule has 1 atom stereocenters. The van der Waals surface area contributed by atoms with E-state index in [1.165, 1.54) is 0 Å². The van der Waals surface area contributed by atoms with E-state index in [4.69, 9.17) is 4.42 Å². The van der Waals surface area contributed by atoms with Crippen LogP contribution in [0.3, 0.4) is 0 Å². The Morgan fingerprint density at radius 1 is 1.32 bits per heavy atom. The summed E-state index contributed by atoms with van der Waals surface area (Å²) in [6.07, 6.45) is 0. The molecule has 0 radical (unpaired) electrons. The highest BCUT2D eigenvalue weighted by Gasteiger charge is 2.27. The molecule has 5 heteroatoms. The molecule has 0 fully saturated rings. The third kappa shape index (κ3) is 2.76. The summed E-state index contributed by atoms with van der Waals surface area (Å²) < 4.78 is 5.43. The van der Waals surface area contributed by atoms with Gasteiger partial charge in [-0.1, -0.05) is 18.2 Å². The maximum absolute atomic E-state index is 12.2. The Morgan fingerprint density at radius 3 is 2.77 bits per heavy atom. The average Bonchev–Trinajstić information content (AvgIpc) is 3.11. The van der Waals surface area contributed by atoms with Gasteiger partial charge in [0.05, 0.1) is 6.54 Å². The summed E-state index contributed by atoms with van der Waals surface area (Å²) in [5, 5.41) is 14.1. The van der Waals surface area contributed by atoms with E-state index in [9.17, 15) is 9.90 Å². The molecule has 1 amide bonds. The van der Waals surface area contributed by atoms with Crippen molar-refractivity contribution in [2.45, 2.75) is 19.4 Å². The minimum atomic E-state index is -1.25. The van der Waals surface area contributed by atoms with E-state index < -0.39 is 5.60 Å². The molecular weight excluding hydrogens is 280 g/mol. The Labute approximate surface area is 128 Å². The number of carbonyl (C=O) groups is 1. The average molecular weight is 298 g/mol. The number of rotatable bonds is 4. The third-order valence-electron chi connectivity index (χ3n) is 3.64. The Kier molecular flexibility index (Phi) is 3.50. The number of furan rings is 1. The predicted octanol–water partition coefficient (Wildman–Crippen LogP) is 2.71. The number of fused-ring (bicyclic) bond motifs is 1. The summed E-state index contributed by atoms with van der Waals surface area (Å²) in [7, 11) is 0. The second kappa shape index (κ2) is 5.35. The van der Waals surface area contributed by atoms with Gasteiger partial charge in [0.2, 0.25) is 0 Å². The summed E-state index contributed by atoms with van der Waals surface area (Å²) in [6, 6.07) is 13.0. The number of hydrogen-bond acceptors (Lipinski definition) is 3. The molecule has 0 aliphatic heterocycles. The lowest BCUT2D eigenvalue weighted by Crippen LogP contribution is -2.38. The van der Waals surface area contributed by atoms with Gasteiger partial charge in [-0.25, -0.2) is 0 Å². The van der Waals surface area contributed by atoms with Gasteiger partial charge in [0.1, 0.15) is 22.8 Å². The molecule has 0 aliphatic carbocycles. The van der Waals surface area contributed by atoms with E-state index in [-0.39, 0.29) is 12.5 Å². The largest absolute Gasteiger partial charge is 0.463 e. The molecule has 114 valence electrons. The zero-order valence-electron chi connectivity index (χ0n) is 12.5. The van der Waals surface area contributed by atoms with Gasteiger partial charge in [0, 0.05) is 10.9 Å². The molecule has 2 heterocycles. The molecule has 3 aromatic rings. The molecule has 2 aromatic heterocycles. The number of aromatic amines is 1. The normalized spacial score (nSPS) is 14.0. The molecule has 5 nitrogen and oxygen atoms in total. The number of aliphatic hydroxyl groups is 1. The predicted molar refractivity (Wildman–Crippen MR) is 83.6 cm³/mol. The molecule has 0 spiro atoms. The number of benzene rings is 1. The van der Waals surface area contributed by atoms with Crippen LogP contribution in [-0.4, -0.2) is 22.5 Å². The molecule has 0 bridgehead atoms. The van der Waals surface area contributed by atoms with Crippen molar-refractivity contribution < 1.29 is 14.3 Å². The number of para-hydroxylation sites is 1. The van der Waals surface area contributed by atoms with Gasteiger partial charge in [-0.3, -0.25) is 4.79 Å². The molecule has 0 saturated carbocycles. The summed E-state index contributed by atoms with van der Waals surface area (Å²) in [5.74, 6) is 0.888. The molecule has 1 aromatic carbocycles. The number of hydrogen-bond donors (Lipinski definition) is 3. The van der Waals surface area contributed by atoms with Crippen LogP contribution >= 0.6 is 0 Å². The van der Waals surface area contributed by atoms with Crippen LogP contribution in [0.2, 0.25) is 0 Å². The minimum Gasteiger partial charge on any atom is -0.463 e. The number of aromatic nitrogens is 1. The van der Waals surface area contributed by atoms with Crippen LogP contribution in [0.1, 0.15) is 28.9 Å². The van der Waals surface area contributed by atoms with Crippen molar-refractivity contribution in [2.24, 2.45) is 0 Å². The Morgan fingerprint density at radius 2 is 2.09 bits per heavy atom. The Bertz CT molecular complexity index is 781. The van der Waals surface area contributed by atoms with E-state index in [1.54, 1.807) is 25.1 Å². The second-order valence-corrected chi connectivity index (χ2v) is 5.64. The van der Waals surface area contributed by atoms with Crippen molar-refractivity contribution in [3.05, 3.63) is 59.7 Å². The van der Waals surface area contributed by atoms with Crippen LogP contribution in [0.4, 0.5) is 0 Å². The number of amides is 1. The molecular formula is C17H18N2O3. The monoisotopic (exact) mass is 298 g/mol. The van der Waals surface area contributed by atoms with Crippen LogP contribution < -0.4 is 5.32 Å². The number of nitrogens with one attached hydrogen (secondary N) is 2. The summed E-state index contributed by atoms with van der Waals surface area (Å²) in [6.45, 7) is 3.48. The van der Waals surface area contributed by atoms with E-state index in [2.05, 4.69) is 10.3 Å². The van der Waals surface area contributed by atoms with Gasteiger partial charge in [0.15, 0.2) is 0 Å². The molecule has 0 saturated heterocycles. The van der Waals surface area contributed by atoms with Crippen LogP contribution in [-0.2, 0) is 5.60 Å². The van der Waals surface area contributed by atoms with E-state index in [0.29, 0.717) is 11.5 Å². The van der Waals surface area contributed by atoms with Crippen LogP contribution in [0.15, 0.2) is 46.9 Å². The van der Waals surface area contributed by atoms with E-state index in [1.807, 2.05) is 31.2 Å². The summed E-state index contributed by atoms with van der Waals surface area (Å²) >= 11 is 0. The van der Waals surface area contributed by atoms with Crippen molar-refractivity contribution in [2.75, 3.05) is 6.54 Å². The highest BCUT2D eigenvalue weighted by Crippen LogP contribution is 2.22. The van der Waals surface area contributed by atoms with Gasteiger partial charge >= 0.3 is 0 Å². The number of H-pyrrole nitrogens is 1. The van der Waals surface area contributed by atoms with Crippen molar-refractivity contribution in [3.8, 4) is 0 Å². The highest BCUT2D eigenvalue weighted by atomic mass is 16.4. The highest BCUT2D eigenvalue weighted by molar-refractivity contribution is 5.98. The third-order valence-corrected chi connectivity index (χ3v) is 3.64. The fourth-order valence-electron chi connectivity index (χ4n) is 2.35. The summed E-state index contributed by atoms with van der Waals surface area (Å²) in [4.78, 5) is 15.3. The quantitative estimate of drug-likeness (QED) is 0.693. The Balaban J connectivity index is 1.71. The van der Waals surface area contributed by atoms with Gasteiger partial charge in [-0.2, -0.15) is 0 Å². The maximum Gasteiger partial charge on any atom is 0.267 e. The van der Waals surface area contributed by atoms with Crippen molar-refractivity contribution in [1.29, 1.82) is 0 Å². The molecule has 0 aliphatic rings. The standard InChI is InChI=1S/C17H18N2O3/c1-11-7-8-15(22-11)17(2,21)10-18-16(20)14-9-12-5-3-4-6-13(12)19-14/h3-9,19,21H,10H2,1-2H3,(H,18,20)/t17-/m1/s1. The number of carbonyl (C=O) groups excluding carboxylic acids is 1. The first-order valence-electron chi connectivity index (χ1n) is 7.11. The zero-order valence-corrected chi connectivity index (χ0v) is 12.5. The first-order valence-corrected chi connectivity index (χ1v) is 7.11. The van der Waals surface area contributed by atoms with Gasteiger partial charge < -0.3 is 19.8 Å². The first kappa shape index (κ1) is 14.4. The Hall–Kier alpha value is -2.53. The van der Waals surface area contributed by atoms with Crippen LogP contribution in [0.5, 0.6) is 0 Å². The second-order valence-electron chi connectivity index (χ2n) is 5.64. The van der Waals surface area contributed by atoms with E-state index >= 15 is 0 Å². The fourth-order valence-corrected chi connectivity index (χ4v) is 2.35. The lowest BCUT2D eigenvalue weighted by atomic mass is 10.0. The lowest BCUT2D eigenvalue weighted by Gasteiger charge is -2.21. The topological polar surface area (TPSA) is 78.3 Å². The molecule has 3 N–H and O–H groups in total. The van der Waals surface area contributed by atoms with Crippen molar-refractivity contribution in [3.63, 3.8) is 0 Å². The molecule has 3 rings (SSSR count). The SMILES string of the molecule is Cc1ccc([C@](C)(O)CNC(=O)c2cc3ccccc3[nH]2)o1. The number of aryl methyl sites for hydroxylation is 1. The zero-order chi connectivity index (χ0) is 15.7. The van der Waals surface area contributed by atoms with Crippen molar-refractivity contribution in [1.82, 2.24) is 10.3 Å².